The summed E-state index contributed by atoms with van der Waals surface area (Å²) in [5.74, 6) is 3.39. The van der Waals surface area contributed by atoms with E-state index in [9.17, 15) is 0 Å². The Morgan fingerprint density at radius 2 is 1.88 bits per heavy atom. The first-order valence-corrected chi connectivity index (χ1v) is 3.47. The zero-order valence-corrected chi connectivity index (χ0v) is 6.42. The molecule has 8 heavy (non-hydrogen) atoms. The maximum Gasteiger partial charge on any atom is 0.0577 e. The molecule has 0 saturated carbocycles. The van der Waals surface area contributed by atoms with Crippen LogP contribution in [0, 0.1) is 15.8 Å². The van der Waals surface area contributed by atoms with Gasteiger partial charge in [0.25, 0.3) is 0 Å². The molecule has 0 aromatic rings. The second kappa shape index (κ2) is 2.93. The minimum Gasteiger partial charge on any atom is -0.0801 e. The van der Waals surface area contributed by atoms with Gasteiger partial charge in [-0.05, 0) is 3.93 Å². The van der Waals surface area contributed by atoms with Gasteiger partial charge in [0.05, 0.1) is 5.92 Å². The van der Waals surface area contributed by atoms with E-state index in [0.717, 1.165) is 0 Å². The van der Waals surface area contributed by atoms with Crippen LogP contribution in [0.4, 0.5) is 0 Å². The lowest BCUT2D eigenvalue weighted by atomic mass is 10.2. The van der Waals surface area contributed by atoms with Crippen molar-refractivity contribution in [2.24, 2.45) is 5.92 Å². The molecule has 0 aromatic carbocycles. The molecule has 0 aromatic heterocycles. The van der Waals surface area contributed by atoms with Crippen molar-refractivity contribution in [2.75, 3.05) is 0 Å². The predicted molar refractivity (Wildman–Crippen MR) is 43.6 cm³/mol. The molecule has 0 atom stereocenters. The molecule has 0 heterocycles. The van der Waals surface area contributed by atoms with Gasteiger partial charge < -0.3 is 0 Å². The highest BCUT2D eigenvalue weighted by atomic mass is 127. The fourth-order valence-corrected chi connectivity index (χ4v) is 0.951. The maximum atomic E-state index is 3.01. The quantitative estimate of drug-likeness (QED) is 0.429. The minimum atomic E-state index is 0.381. The second-order valence-electron chi connectivity index (χ2n) is 1.53. The number of hydrogen-bond acceptors (Lipinski definition) is 0. The average Bonchev–Trinajstić information content (AvgIpc) is 2.19. The number of hydrogen-bond donors (Lipinski definition) is 0. The van der Waals surface area contributed by atoms with E-state index in [1.165, 1.54) is 0 Å². The topological polar surface area (TPSA) is 0 Å². The Bertz CT molecular complexity index is 166. The summed E-state index contributed by atoms with van der Waals surface area (Å²) in [5, 5.41) is 0. The highest BCUT2D eigenvalue weighted by Gasteiger charge is 1.94. The van der Waals surface area contributed by atoms with Crippen molar-refractivity contribution in [3.63, 3.8) is 0 Å². The van der Waals surface area contributed by atoms with Crippen molar-refractivity contribution < 1.29 is 0 Å². The molecular weight excluding hydrogens is 211 g/mol. The smallest absolute Gasteiger partial charge is 0.0577 e. The van der Waals surface area contributed by atoms with Crippen LogP contribution in [0.15, 0.2) is 24.3 Å². The van der Waals surface area contributed by atoms with E-state index >= 15 is 0 Å². The summed E-state index contributed by atoms with van der Waals surface area (Å²) in [5.41, 5.74) is 0. The van der Waals surface area contributed by atoms with Crippen LogP contribution in [0.5, 0.6) is 0 Å². The van der Waals surface area contributed by atoms with Gasteiger partial charge in [-0.15, -0.1) is 0 Å². The van der Waals surface area contributed by atoms with Gasteiger partial charge >= 0.3 is 0 Å². The summed E-state index contributed by atoms with van der Waals surface area (Å²) >= 11 is 2.05. The summed E-state index contributed by atoms with van der Waals surface area (Å²) in [6, 6.07) is 0. The van der Waals surface area contributed by atoms with E-state index in [1.54, 1.807) is 0 Å². The van der Waals surface area contributed by atoms with Crippen LogP contribution in [0.3, 0.4) is 0 Å². The van der Waals surface area contributed by atoms with Gasteiger partial charge in [-0.25, -0.2) is 0 Å². The lowest BCUT2D eigenvalue weighted by Gasteiger charge is -1.85. The lowest BCUT2D eigenvalue weighted by molar-refractivity contribution is 1.15. The highest BCUT2D eigenvalue weighted by molar-refractivity contribution is 14.1. The van der Waals surface area contributed by atoms with Gasteiger partial charge in [-0.2, -0.15) is 0 Å². The Labute approximate surface area is 62.8 Å². The zero-order valence-electron chi connectivity index (χ0n) is 4.26. The van der Waals surface area contributed by atoms with E-state index in [1.807, 2.05) is 34.7 Å². The Morgan fingerprint density at radius 3 is 2.38 bits per heavy atom. The summed E-state index contributed by atoms with van der Waals surface area (Å²) in [6.07, 6.45) is 8.19. The number of allylic oxidation sites excluding steroid dienone is 4. The van der Waals surface area contributed by atoms with Gasteiger partial charge in [0, 0.05) is 22.6 Å². The summed E-state index contributed by atoms with van der Waals surface area (Å²) < 4.78 is 2.83. The van der Waals surface area contributed by atoms with Crippen LogP contribution in [-0.4, -0.2) is 0 Å². The fraction of sp³-hybridized carbons (Fsp3) is 0.143. The first kappa shape index (κ1) is 5.90. The molecule has 0 nitrogen and oxygen atoms in total. The molecule has 0 bridgehead atoms. The van der Waals surface area contributed by atoms with Crippen LogP contribution in [0.1, 0.15) is 0 Å². The van der Waals surface area contributed by atoms with Crippen molar-refractivity contribution in [3.05, 3.63) is 24.3 Å². The molecule has 0 spiro atoms. The van der Waals surface area contributed by atoms with E-state index in [-0.39, 0.29) is 0 Å². The summed E-state index contributed by atoms with van der Waals surface area (Å²) in [6.45, 7) is 0. The van der Waals surface area contributed by atoms with Gasteiger partial charge in [0.1, 0.15) is 0 Å². The van der Waals surface area contributed by atoms with Gasteiger partial charge in [0.2, 0.25) is 0 Å². The lowest BCUT2D eigenvalue weighted by Crippen LogP contribution is -1.78. The molecule has 0 fully saturated rings. The van der Waals surface area contributed by atoms with Crippen molar-refractivity contribution >= 4 is 22.6 Å². The van der Waals surface area contributed by atoms with Gasteiger partial charge in [-0.3, -0.25) is 0 Å². The SMILES string of the molecule is IC#CC1C=CC=C1. The molecule has 1 rings (SSSR count). The monoisotopic (exact) mass is 216 g/mol. The van der Waals surface area contributed by atoms with Crippen molar-refractivity contribution in [1.82, 2.24) is 0 Å². The van der Waals surface area contributed by atoms with E-state index < -0.39 is 0 Å². The van der Waals surface area contributed by atoms with E-state index in [4.69, 9.17) is 0 Å². The predicted octanol–water partition coefficient (Wildman–Crippen LogP) is 2.12. The number of halogens is 1. The molecule has 1 aliphatic carbocycles. The first-order chi connectivity index (χ1) is 3.93. The van der Waals surface area contributed by atoms with Crippen molar-refractivity contribution in [1.29, 1.82) is 0 Å². The molecule has 0 radical (unpaired) electrons. The Kier molecular flexibility index (Phi) is 2.16. The fourth-order valence-electron chi connectivity index (χ4n) is 0.591. The molecule has 0 saturated heterocycles. The van der Waals surface area contributed by atoms with E-state index in [0.29, 0.717) is 5.92 Å². The second-order valence-corrected chi connectivity index (χ2v) is 2.07. The summed E-state index contributed by atoms with van der Waals surface area (Å²) in [7, 11) is 0. The Morgan fingerprint density at radius 1 is 1.25 bits per heavy atom. The minimum absolute atomic E-state index is 0.381. The molecule has 1 heteroatoms. The molecular formula is C7H5I. The normalized spacial score (nSPS) is 16.1. The van der Waals surface area contributed by atoms with Crippen LogP contribution in [0.2, 0.25) is 0 Å². The van der Waals surface area contributed by atoms with Gasteiger partial charge in [-0.1, -0.05) is 30.2 Å². The maximum absolute atomic E-state index is 3.01. The molecule has 0 amide bonds. The van der Waals surface area contributed by atoms with Crippen LogP contribution >= 0.6 is 22.6 Å². The van der Waals surface area contributed by atoms with Crippen molar-refractivity contribution in [3.8, 4) is 9.85 Å². The molecule has 0 unspecified atom stereocenters. The molecule has 0 N–H and O–H groups in total. The van der Waals surface area contributed by atoms with Crippen molar-refractivity contribution in [2.45, 2.75) is 0 Å². The molecule has 0 aliphatic heterocycles. The third-order valence-corrected chi connectivity index (χ3v) is 1.28. The standard InChI is InChI=1S/C7H5I/c8-6-5-7-3-1-2-4-7/h1-4,7H. The third kappa shape index (κ3) is 1.38. The highest BCUT2D eigenvalue weighted by Crippen LogP contribution is 2.06. The number of rotatable bonds is 0. The Hall–Kier alpha value is -0.230. The van der Waals surface area contributed by atoms with Crippen LogP contribution in [-0.2, 0) is 0 Å². The van der Waals surface area contributed by atoms with Crippen LogP contribution in [0.25, 0.3) is 0 Å². The van der Waals surface area contributed by atoms with Crippen LogP contribution < -0.4 is 0 Å². The largest absolute Gasteiger partial charge is 0.0801 e. The first-order valence-electron chi connectivity index (χ1n) is 2.39. The third-order valence-electron chi connectivity index (χ3n) is 0.969. The van der Waals surface area contributed by atoms with Gasteiger partial charge in [0.15, 0.2) is 0 Å². The molecule has 40 valence electrons. The average molecular weight is 216 g/mol. The Balaban J connectivity index is 2.58. The summed E-state index contributed by atoms with van der Waals surface area (Å²) in [4.78, 5) is 0. The van der Waals surface area contributed by atoms with E-state index in [2.05, 4.69) is 22.0 Å². The zero-order chi connectivity index (χ0) is 5.82. The molecule has 1 aliphatic rings.